The Bertz CT molecular complexity index is 637. The molecule has 2 aromatic rings. The molecule has 0 saturated heterocycles. The Morgan fingerprint density at radius 3 is 2.43 bits per heavy atom. The predicted octanol–water partition coefficient (Wildman–Crippen LogP) is 3.32. The highest BCUT2D eigenvalue weighted by Crippen LogP contribution is 2.38. The van der Waals surface area contributed by atoms with Gasteiger partial charge in [-0.2, -0.15) is 0 Å². The number of phenolic OH excluding ortho intramolecular Hbond substituents is 1. The zero-order chi connectivity index (χ0) is 14.8. The topological polar surface area (TPSA) is 41.9 Å². The molecular formula is C17H19NO3. The molecule has 0 amide bonds. The lowest BCUT2D eigenvalue weighted by Crippen LogP contribution is -2.16. The Morgan fingerprint density at radius 1 is 1.10 bits per heavy atom. The van der Waals surface area contributed by atoms with E-state index in [9.17, 15) is 5.11 Å². The van der Waals surface area contributed by atoms with Crippen LogP contribution >= 0.6 is 0 Å². The van der Waals surface area contributed by atoms with E-state index in [1.807, 2.05) is 13.1 Å². The molecule has 1 heterocycles. The van der Waals surface area contributed by atoms with Gasteiger partial charge in [0.05, 0.1) is 0 Å². The third kappa shape index (κ3) is 2.75. The molecule has 3 rings (SSSR count). The minimum Gasteiger partial charge on any atom is -0.507 e. The van der Waals surface area contributed by atoms with Gasteiger partial charge in [-0.05, 0) is 30.2 Å². The normalized spacial score (nSPS) is 12.5. The second-order valence-corrected chi connectivity index (χ2v) is 5.21. The average Bonchev–Trinajstić information content (AvgIpc) is 2.94. The number of phenols is 1. The largest absolute Gasteiger partial charge is 0.507 e. The van der Waals surface area contributed by atoms with Gasteiger partial charge in [-0.15, -0.1) is 0 Å². The van der Waals surface area contributed by atoms with Gasteiger partial charge in [-0.1, -0.05) is 19.1 Å². The Morgan fingerprint density at radius 2 is 1.76 bits per heavy atom. The van der Waals surface area contributed by atoms with Gasteiger partial charge in [-0.25, -0.2) is 0 Å². The summed E-state index contributed by atoms with van der Waals surface area (Å²) in [7, 11) is 2.00. The van der Waals surface area contributed by atoms with Crippen molar-refractivity contribution in [2.45, 2.75) is 19.9 Å². The molecule has 0 bridgehead atoms. The summed E-state index contributed by atoms with van der Waals surface area (Å²) in [5.74, 6) is 1.53. The van der Waals surface area contributed by atoms with Crippen molar-refractivity contribution in [1.82, 2.24) is 0 Å². The summed E-state index contributed by atoms with van der Waals surface area (Å²) in [5.41, 5.74) is 3.25. The first-order valence-corrected chi connectivity index (χ1v) is 7.09. The van der Waals surface area contributed by atoms with E-state index in [1.165, 1.54) is 5.56 Å². The number of benzene rings is 2. The first-order chi connectivity index (χ1) is 10.2. The van der Waals surface area contributed by atoms with Gasteiger partial charge in [0, 0.05) is 30.9 Å². The van der Waals surface area contributed by atoms with Crippen LogP contribution in [0.25, 0.3) is 0 Å². The summed E-state index contributed by atoms with van der Waals surface area (Å²) < 4.78 is 10.6. The van der Waals surface area contributed by atoms with Crippen molar-refractivity contribution in [2.75, 3.05) is 18.7 Å². The zero-order valence-electron chi connectivity index (χ0n) is 12.3. The SMILES string of the molecule is CCc1ccc(N(C)Cc2cc3c(cc2O)OCO3)cc1. The Labute approximate surface area is 124 Å². The minimum absolute atomic E-state index is 0.215. The highest BCUT2D eigenvalue weighted by atomic mass is 16.7. The fourth-order valence-corrected chi connectivity index (χ4v) is 2.43. The van der Waals surface area contributed by atoms with Crippen LogP contribution in [0.15, 0.2) is 36.4 Å². The molecule has 1 aliphatic rings. The van der Waals surface area contributed by atoms with E-state index in [0.29, 0.717) is 18.0 Å². The molecule has 0 aromatic heterocycles. The standard InChI is InChI=1S/C17H19NO3/c1-3-12-4-6-14(7-5-12)18(2)10-13-8-16-17(9-15(13)19)21-11-20-16/h4-9,19H,3,10-11H2,1-2H3. The fraction of sp³-hybridized carbons (Fsp3) is 0.294. The molecule has 0 atom stereocenters. The maximum atomic E-state index is 10.1. The first-order valence-electron chi connectivity index (χ1n) is 7.09. The van der Waals surface area contributed by atoms with Crippen molar-refractivity contribution in [3.63, 3.8) is 0 Å². The van der Waals surface area contributed by atoms with Crippen molar-refractivity contribution in [3.8, 4) is 17.2 Å². The molecule has 0 unspecified atom stereocenters. The number of anilines is 1. The molecule has 2 aromatic carbocycles. The number of nitrogens with zero attached hydrogens (tertiary/aromatic N) is 1. The second-order valence-electron chi connectivity index (χ2n) is 5.21. The maximum absolute atomic E-state index is 10.1. The lowest BCUT2D eigenvalue weighted by molar-refractivity contribution is 0.174. The van der Waals surface area contributed by atoms with E-state index < -0.39 is 0 Å². The third-order valence-electron chi connectivity index (χ3n) is 3.77. The maximum Gasteiger partial charge on any atom is 0.231 e. The quantitative estimate of drug-likeness (QED) is 0.935. The number of ether oxygens (including phenoxy) is 2. The van der Waals surface area contributed by atoms with E-state index in [0.717, 1.165) is 17.7 Å². The summed E-state index contributed by atoms with van der Waals surface area (Å²) >= 11 is 0. The number of hydrogen-bond donors (Lipinski definition) is 1. The smallest absolute Gasteiger partial charge is 0.231 e. The van der Waals surface area contributed by atoms with Crippen molar-refractivity contribution in [2.24, 2.45) is 0 Å². The van der Waals surface area contributed by atoms with Crippen LogP contribution in [-0.4, -0.2) is 18.9 Å². The Kier molecular flexibility index (Phi) is 3.60. The second kappa shape index (κ2) is 5.56. The molecule has 0 radical (unpaired) electrons. The van der Waals surface area contributed by atoms with Crippen LogP contribution in [0.1, 0.15) is 18.1 Å². The summed E-state index contributed by atoms with van der Waals surface area (Å²) in [6.45, 7) is 2.96. The summed E-state index contributed by atoms with van der Waals surface area (Å²) in [5, 5.41) is 10.1. The van der Waals surface area contributed by atoms with Crippen LogP contribution in [0.5, 0.6) is 17.2 Å². The van der Waals surface area contributed by atoms with Gasteiger partial charge in [0.2, 0.25) is 6.79 Å². The third-order valence-corrected chi connectivity index (χ3v) is 3.77. The molecule has 21 heavy (non-hydrogen) atoms. The van der Waals surface area contributed by atoms with Crippen molar-refractivity contribution in [1.29, 1.82) is 0 Å². The number of fused-ring (bicyclic) bond motifs is 1. The highest BCUT2D eigenvalue weighted by Gasteiger charge is 2.17. The summed E-state index contributed by atoms with van der Waals surface area (Å²) in [6.07, 6.45) is 1.03. The zero-order valence-corrected chi connectivity index (χ0v) is 12.3. The summed E-state index contributed by atoms with van der Waals surface area (Å²) in [4.78, 5) is 2.09. The van der Waals surface area contributed by atoms with E-state index >= 15 is 0 Å². The number of aryl methyl sites for hydroxylation is 1. The molecule has 4 heteroatoms. The number of aromatic hydroxyl groups is 1. The molecule has 0 saturated carbocycles. The van der Waals surface area contributed by atoms with Crippen molar-refractivity contribution >= 4 is 5.69 Å². The van der Waals surface area contributed by atoms with E-state index in [1.54, 1.807) is 6.07 Å². The molecule has 1 aliphatic heterocycles. The van der Waals surface area contributed by atoms with Crippen LogP contribution < -0.4 is 14.4 Å². The lowest BCUT2D eigenvalue weighted by atomic mass is 10.1. The molecule has 0 aliphatic carbocycles. The van der Waals surface area contributed by atoms with Gasteiger partial charge < -0.3 is 19.5 Å². The molecule has 0 fully saturated rings. The molecule has 0 spiro atoms. The fourth-order valence-electron chi connectivity index (χ4n) is 2.43. The highest BCUT2D eigenvalue weighted by molar-refractivity contribution is 5.54. The van der Waals surface area contributed by atoms with E-state index in [-0.39, 0.29) is 12.5 Å². The Balaban J connectivity index is 1.79. The van der Waals surface area contributed by atoms with Crippen LogP contribution in [0.4, 0.5) is 5.69 Å². The molecular weight excluding hydrogens is 266 g/mol. The molecule has 110 valence electrons. The van der Waals surface area contributed by atoms with Crippen LogP contribution in [0.2, 0.25) is 0 Å². The monoisotopic (exact) mass is 285 g/mol. The first kappa shape index (κ1) is 13.6. The van der Waals surface area contributed by atoms with Gasteiger partial charge in [-0.3, -0.25) is 0 Å². The van der Waals surface area contributed by atoms with Gasteiger partial charge in [0.25, 0.3) is 0 Å². The van der Waals surface area contributed by atoms with Gasteiger partial charge in [0.15, 0.2) is 11.5 Å². The van der Waals surface area contributed by atoms with Gasteiger partial charge in [0.1, 0.15) is 5.75 Å². The van der Waals surface area contributed by atoms with Crippen molar-refractivity contribution < 1.29 is 14.6 Å². The number of hydrogen-bond acceptors (Lipinski definition) is 4. The average molecular weight is 285 g/mol. The number of rotatable bonds is 4. The van der Waals surface area contributed by atoms with Crippen LogP contribution in [-0.2, 0) is 13.0 Å². The summed E-state index contributed by atoms with van der Waals surface area (Å²) in [6, 6.07) is 11.9. The van der Waals surface area contributed by atoms with E-state index in [4.69, 9.17) is 9.47 Å². The van der Waals surface area contributed by atoms with E-state index in [2.05, 4.69) is 36.1 Å². The minimum atomic E-state index is 0.215. The predicted molar refractivity (Wildman–Crippen MR) is 82.2 cm³/mol. The van der Waals surface area contributed by atoms with Crippen LogP contribution in [0, 0.1) is 0 Å². The van der Waals surface area contributed by atoms with Crippen LogP contribution in [0.3, 0.4) is 0 Å². The lowest BCUT2D eigenvalue weighted by Gasteiger charge is -2.20. The van der Waals surface area contributed by atoms with Gasteiger partial charge >= 0.3 is 0 Å². The molecule has 1 N–H and O–H groups in total. The van der Waals surface area contributed by atoms with Crippen molar-refractivity contribution in [3.05, 3.63) is 47.5 Å². The molecule has 4 nitrogen and oxygen atoms in total. The Hall–Kier alpha value is -2.36.